The summed E-state index contributed by atoms with van der Waals surface area (Å²) in [6, 6.07) is 8.85. The molecule has 0 atom stereocenters. The SMILES string of the molecule is O=C1c2ccccc2/C(=N/c2cc(C(F)(F)F)ccn2)N1c1cc(C(F)(F)F)ccn1. The number of nitrogens with zero attached hydrogens (tertiary/aromatic N) is 4. The molecule has 0 saturated carbocycles. The number of alkyl halides is 6. The lowest BCUT2D eigenvalue weighted by Gasteiger charge is -2.17. The van der Waals surface area contributed by atoms with Gasteiger partial charge in [0, 0.05) is 18.0 Å². The maximum Gasteiger partial charge on any atom is 0.416 e. The van der Waals surface area contributed by atoms with Crippen LogP contribution in [-0.2, 0) is 12.4 Å². The van der Waals surface area contributed by atoms with Crippen LogP contribution in [0.1, 0.15) is 27.0 Å². The van der Waals surface area contributed by atoms with Crippen molar-refractivity contribution in [3.63, 3.8) is 0 Å². The molecule has 0 spiro atoms. The van der Waals surface area contributed by atoms with Gasteiger partial charge < -0.3 is 0 Å². The Bertz CT molecular complexity index is 1200. The van der Waals surface area contributed by atoms with Gasteiger partial charge in [0.15, 0.2) is 11.7 Å². The minimum Gasteiger partial charge on any atom is -0.268 e. The zero-order valence-electron chi connectivity index (χ0n) is 15.2. The van der Waals surface area contributed by atoms with Gasteiger partial charge in [-0.25, -0.2) is 19.9 Å². The molecular formula is C20H10F6N4O. The van der Waals surface area contributed by atoms with Crippen molar-refractivity contribution in [2.24, 2.45) is 4.99 Å². The first kappa shape index (κ1) is 20.5. The zero-order valence-corrected chi connectivity index (χ0v) is 15.2. The first-order valence-corrected chi connectivity index (χ1v) is 8.65. The highest BCUT2D eigenvalue weighted by molar-refractivity contribution is 6.36. The zero-order chi connectivity index (χ0) is 22.4. The first-order chi connectivity index (χ1) is 14.6. The third-order valence-corrected chi connectivity index (χ3v) is 4.41. The molecule has 0 radical (unpaired) electrons. The van der Waals surface area contributed by atoms with Gasteiger partial charge in [0.2, 0.25) is 0 Å². The van der Waals surface area contributed by atoms with Crippen LogP contribution in [0.4, 0.5) is 38.0 Å². The lowest BCUT2D eigenvalue weighted by Crippen LogP contribution is -2.31. The quantitative estimate of drug-likeness (QED) is 0.516. The maximum absolute atomic E-state index is 13.1. The van der Waals surface area contributed by atoms with Gasteiger partial charge in [0.25, 0.3) is 5.91 Å². The van der Waals surface area contributed by atoms with E-state index in [9.17, 15) is 31.1 Å². The molecule has 1 aliphatic heterocycles. The molecule has 0 bridgehead atoms. The van der Waals surface area contributed by atoms with Crippen LogP contribution in [-0.4, -0.2) is 21.7 Å². The normalized spacial score (nSPS) is 15.5. The molecule has 11 heteroatoms. The molecule has 0 N–H and O–H groups in total. The number of amidine groups is 1. The van der Waals surface area contributed by atoms with Crippen molar-refractivity contribution < 1.29 is 31.1 Å². The molecule has 0 aliphatic carbocycles. The number of hydrogen-bond donors (Lipinski definition) is 0. The minimum absolute atomic E-state index is 0.118. The number of hydrogen-bond acceptors (Lipinski definition) is 4. The van der Waals surface area contributed by atoms with Crippen molar-refractivity contribution in [2.45, 2.75) is 12.4 Å². The molecule has 1 amide bonds. The summed E-state index contributed by atoms with van der Waals surface area (Å²) in [5.74, 6) is -1.64. The number of anilines is 1. The molecule has 3 aromatic rings. The summed E-state index contributed by atoms with van der Waals surface area (Å²) in [7, 11) is 0. The average Bonchev–Trinajstić information content (AvgIpc) is 2.99. The summed E-state index contributed by atoms with van der Waals surface area (Å²) in [6.45, 7) is 0. The predicted molar refractivity (Wildman–Crippen MR) is 97.9 cm³/mol. The van der Waals surface area contributed by atoms with Crippen LogP contribution in [0.25, 0.3) is 0 Å². The Labute approximate surface area is 170 Å². The van der Waals surface area contributed by atoms with Crippen molar-refractivity contribution >= 4 is 23.4 Å². The molecule has 1 aromatic carbocycles. The number of halogens is 6. The van der Waals surface area contributed by atoms with Gasteiger partial charge in [-0.05, 0) is 30.3 Å². The highest BCUT2D eigenvalue weighted by Gasteiger charge is 2.38. The number of pyridine rings is 2. The van der Waals surface area contributed by atoms with Crippen molar-refractivity contribution in [1.29, 1.82) is 0 Å². The lowest BCUT2D eigenvalue weighted by molar-refractivity contribution is -0.138. The van der Waals surface area contributed by atoms with Gasteiger partial charge in [-0.2, -0.15) is 26.3 Å². The topological polar surface area (TPSA) is 58.5 Å². The third-order valence-electron chi connectivity index (χ3n) is 4.41. The van der Waals surface area contributed by atoms with Crippen LogP contribution in [0.3, 0.4) is 0 Å². The second kappa shape index (κ2) is 7.18. The van der Waals surface area contributed by atoms with Crippen LogP contribution in [0, 0.1) is 0 Å². The Morgan fingerprint density at radius 2 is 1.35 bits per heavy atom. The number of aromatic nitrogens is 2. The Morgan fingerprint density at radius 3 is 2.00 bits per heavy atom. The number of rotatable bonds is 2. The minimum atomic E-state index is -4.69. The monoisotopic (exact) mass is 436 g/mol. The van der Waals surface area contributed by atoms with E-state index < -0.39 is 29.4 Å². The van der Waals surface area contributed by atoms with Crippen LogP contribution in [0.5, 0.6) is 0 Å². The summed E-state index contributed by atoms with van der Waals surface area (Å²) in [4.78, 5) is 25.4. The second-order valence-electron chi connectivity index (χ2n) is 6.42. The fourth-order valence-corrected chi connectivity index (χ4v) is 3.01. The third kappa shape index (κ3) is 3.86. The lowest BCUT2D eigenvalue weighted by atomic mass is 10.1. The Hall–Kier alpha value is -3.76. The summed E-state index contributed by atoms with van der Waals surface area (Å²) >= 11 is 0. The van der Waals surface area contributed by atoms with E-state index in [4.69, 9.17) is 0 Å². The summed E-state index contributed by atoms with van der Waals surface area (Å²) in [6.07, 6.45) is -7.55. The fraction of sp³-hybridized carbons (Fsp3) is 0.100. The highest BCUT2D eigenvalue weighted by atomic mass is 19.4. The highest BCUT2D eigenvalue weighted by Crippen LogP contribution is 2.35. The molecule has 1 aliphatic rings. The molecule has 5 nitrogen and oxygen atoms in total. The van der Waals surface area contributed by atoms with E-state index in [-0.39, 0.29) is 28.6 Å². The first-order valence-electron chi connectivity index (χ1n) is 8.65. The van der Waals surface area contributed by atoms with Crippen LogP contribution >= 0.6 is 0 Å². The van der Waals surface area contributed by atoms with Gasteiger partial charge in [-0.15, -0.1) is 0 Å². The number of fused-ring (bicyclic) bond motifs is 1. The Morgan fingerprint density at radius 1 is 0.774 bits per heavy atom. The largest absolute Gasteiger partial charge is 0.416 e. The van der Waals surface area contributed by atoms with Gasteiger partial charge >= 0.3 is 12.4 Å². The Balaban J connectivity index is 1.88. The summed E-state index contributed by atoms with van der Waals surface area (Å²) in [5, 5.41) is 0. The molecule has 0 unspecified atom stereocenters. The van der Waals surface area contributed by atoms with E-state index in [1.54, 1.807) is 12.1 Å². The molecular weight excluding hydrogens is 426 g/mol. The van der Waals surface area contributed by atoms with E-state index in [2.05, 4.69) is 15.0 Å². The van der Waals surface area contributed by atoms with Gasteiger partial charge in [0.05, 0.1) is 16.7 Å². The summed E-state index contributed by atoms with van der Waals surface area (Å²) in [5.41, 5.74) is -1.71. The summed E-state index contributed by atoms with van der Waals surface area (Å²) < 4.78 is 78.5. The molecule has 31 heavy (non-hydrogen) atoms. The van der Waals surface area contributed by atoms with Crippen molar-refractivity contribution in [1.82, 2.24) is 9.97 Å². The smallest absolute Gasteiger partial charge is 0.268 e. The average molecular weight is 436 g/mol. The van der Waals surface area contributed by atoms with E-state index in [0.29, 0.717) is 12.1 Å². The van der Waals surface area contributed by atoms with Gasteiger partial charge in [0.1, 0.15) is 5.82 Å². The number of carbonyl (C=O) groups is 1. The van der Waals surface area contributed by atoms with E-state index in [1.165, 1.54) is 12.1 Å². The second-order valence-corrected chi connectivity index (χ2v) is 6.42. The number of carbonyl (C=O) groups excluding carboxylic acids is 1. The Kier molecular flexibility index (Phi) is 4.75. The van der Waals surface area contributed by atoms with Crippen LogP contribution in [0.15, 0.2) is 65.9 Å². The van der Waals surface area contributed by atoms with E-state index in [0.717, 1.165) is 29.4 Å². The van der Waals surface area contributed by atoms with Crippen LogP contribution < -0.4 is 4.90 Å². The number of amides is 1. The molecule has 4 rings (SSSR count). The molecule has 3 heterocycles. The van der Waals surface area contributed by atoms with Crippen molar-refractivity contribution in [3.8, 4) is 0 Å². The van der Waals surface area contributed by atoms with Gasteiger partial charge in [-0.1, -0.05) is 18.2 Å². The molecule has 2 aromatic heterocycles. The fourth-order valence-electron chi connectivity index (χ4n) is 3.01. The number of benzene rings is 1. The van der Waals surface area contributed by atoms with Gasteiger partial charge in [-0.3, -0.25) is 4.79 Å². The standard InChI is InChI=1S/C20H10F6N4O/c21-19(22,23)11-5-7-27-15(9-11)29-17-13-3-1-2-4-14(13)18(31)30(17)16-10-12(6-8-28-16)20(24,25)26/h1-10H/b29-17-. The molecule has 0 saturated heterocycles. The van der Waals surface area contributed by atoms with Crippen LogP contribution in [0.2, 0.25) is 0 Å². The predicted octanol–water partition coefficient (Wildman–Crippen LogP) is 5.25. The molecule has 158 valence electrons. The van der Waals surface area contributed by atoms with E-state index >= 15 is 0 Å². The molecule has 0 fully saturated rings. The van der Waals surface area contributed by atoms with Crippen molar-refractivity contribution in [3.05, 3.63) is 83.2 Å². The van der Waals surface area contributed by atoms with Crippen molar-refractivity contribution in [2.75, 3.05) is 4.90 Å². The number of aliphatic imine (C=N–C) groups is 1. The van der Waals surface area contributed by atoms with E-state index in [1.807, 2.05) is 0 Å². The maximum atomic E-state index is 13.1.